The average Bonchev–Trinajstić information content (AvgIpc) is 3.08. The van der Waals surface area contributed by atoms with Crippen molar-refractivity contribution < 1.29 is 9.90 Å². The van der Waals surface area contributed by atoms with Gasteiger partial charge in [-0.2, -0.15) is 0 Å². The predicted molar refractivity (Wildman–Crippen MR) is 85.2 cm³/mol. The van der Waals surface area contributed by atoms with Crippen molar-refractivity contribution in [2.24, 2.45) is 0 Å². The van der Waals surface area contributed by atoms with Gasteiger partial charge in [-0.25, -0.2) is 0 Å². The minimum Gasteiger partial charge on any atom is -0.396 e. The fourth-order valence-electron chi connectivity index (χ4n) is 4.11. The first kappa shape index (κ1) is 16.8. The normalized spacial score (nSPS) is 24.1. The number of amides is 1. The zero-order chi connectivity index (χ0) is 15.2. The summed E-state index contributed by atoms with van der Waals surface area (Å²) >= 11 is 0. The smallest absolute Gasteiger partial charge is 0.237 e. The lowest BCUT2D eigenvalue weighted by molar-refractivity contribution is -0.136. The van der Waals surface area contributed by atoms with Gasteiger partial charge in [0.15, 0.2) is 0 Å². The third-order valence-electron chi connectivity index (χ3n) is 5.10. The molecule has 122 valence electrons. The maximum Gasteiger partial charge on any atom is 0.237 e. The van der Waals surface area contributed by atoms with Crippen molar-refractivity contribution in [2.45, 2.75) is 83.3 Å². The van der Waals surface area contributed by atoms with E-state index in [2.05, 4.69) is 23.6 Å². The van der Waals surface area contributed by atoms with E-state index >= 15 is 0 Å². The van der Waals surface area contributed by atoms with Gasteiger partial charge >= 0.3 is 0 Å². The number of hydrogen-bond acceptors (Lipinski definition) is 3. The average molecular weight is 296 g/mol. The molecule has 1 atom stereocenters. The Morgan fingerprint density at radius 2 is 1.95 bits per heavy atom. The number of carbonyl (C=O) groups excluding carboxylic acids is 1. The van der Waals surface area contributed by atoms with Crippen LogP contribution in [0.3, 0.4) is 0 Å². The summed E-state index contributed by atoms with van der Waals surface area (Å²) in [5.74, 6) is 0.313. The lowest BCUT2D eigenvalue weighted by atomic mass is 10.1. The van der Waals surface area contributed by atoms with Gasteiger partial charge < -0.3 is 10.0 Å². The van der Waals surface area contributed by atoms with Crippen LogP contribution in [0.5, 0.6) is 0 Å². The summed E-state index contributed by atoms with van der Waals surface area (Å²) in [6.07, 6.45) is 9.14. The van der Waals surface area contributed by atoms with Crippen molar-refractivity contribution in [3.05, 3.63) is 0 Å². The molecule has 1 heterocycles. The summed E-state index contributed by atoms with van der Waals surface area (Å²) in [6.45, 7) is 6.16. The summed E-state index contributed by atoms with van der Waals surface area (Å²) < 4.78 is 0. The van der Waals surface area contributed by atoms with Crippen molar-refractivity contribution in [1.29, 1.82) is 0 Å². The summed E-state index contributed by atoms with van der Waals surface area (Å²) in [6, 6.07) is 1.27. The molecule has 0 aromatic heterocycles. The van der Waals surface area contributed by atoms with Gasteiger partial charge in [-0.15, -0.1) is 0 Å². The second-order valence-electron chi connectivity index (χ2n) is 6.97. The fourth-order valence-corrected chi connectivity index (χ4v) is 4.11. The van der Waals surface area contributed by atoms with Gasteiger partial charge in [0.2, 0.25) is 5.91 Å². The maximum absolute atomic E-state index is 12.8. The molecular formula is C17H32N2O2. The molecule has 1 aliphatic carbocycles. The van der Waals surface area contributed by atoms with Gasteiger partial charge in [0, 0.05) is 24.7 Å². The van der Waals surface area contributed by atoms with Crippen molar-refractivity contribution in [1.82, 2.24) is 9.80 Å². The van der Waals surface area contributed by atoms with Gasteiger partial charge in [0.05, 0.1) is 6.54 Å². The Kier molecular flexibility index (Phi) is 6.49. The van der Waals surface area contributed by atoms with Crippen LogP contribution in [0, 0.1) is 0 Å². The topological polar surface area (TPSA) is 43.8 Å². The Morgan fingerprint density at radius 3 is 2.57 bits per heavy atom. The molecule has 0 spiro atoms. The second-order valence-corrected chi connectivity index (χ2v) is 6.97. The molecule has 2 rings (SSSR count). The molecule has 1 unspecified atom stereocenters. The van der Waals surface area contributed by atoms with E-state index in [0.717, 1.165) is 19.4 Å². The molecule has 0 bridgehead atoms. The van der Waals surface area contributed by atoms with Crippen molar-refractivity contribution >= 4 is 5.91 Å². The SMILES string of the molecule is CC(C)N(C(=O)CN1CCCC1CCCO)C1CCCC1. The Hall–Kier alpha value is -0.610. The molecule has 1 N–H and O–H groups in total. The van der Waals surface area contributed by atoms with Crippen LogP contribution in [0.25, 0.3) is 0 Å². The van der Waals surface area contributed by atoms with E-state index in [1.54, 1.807) is 0 Å². The first-order valence-electron chi connectivity index (χ1n) is 8.79. The Balaban J connectivity index is 1.91. The molecule has 1 saturated heterocycles. The molecule has 1 saturated carbocycles. The molecule has 4 nitrogen and oxygen atoms in total. The van der Waals surface area contributed by atoms with Crippen LogP contribution in [0.4, 0.5) is 0 Å². The standard InChI is InChI=1S/C17H32N2O2/c1-14(2)19(16-7-3-4-8-16)17(21)13-18-11-5-9-15(18)10-6-12-20/h14-16,20H,3-13H2,1-2H3. The zero-order valence-corrected chi connectivity index (χ0v) is 13.8. The van der Waals surface area contributed by atoms with Crippen molar-refractivity contribution in [3.63, 3.8) is 0 Å². The largest absolute Gasteiger partial charge is 0.396 e. The maximum atomic E-state index is 12.8. The molecule has 1 aliphatic heterocycles. The van der Waals surface area contributed by atoms with E-state index in [1.807, 2.05) is 0 Å². The van der Waals surface area contributed by atoms with Gasteiger partial charge in [0.1, 0.15) is 0 Å². The summed E-state index contributed by atoms with van der Waals surface area (Å²) in [5.41, 5.74) is 0. The van der Waals surface area contributed by atoms with Crippen LogP contribution >= 0.6 is 0 Å². The minimum atomic E-state index is 0.262. The lowest BCUT2D eigenvalue weighted by Crippen LogP contribution is -2.49. The molecule has 0 aromatic carbocycles. The summed E-state index contributed by atoms with van der Waals surface area (Å²) in [5, 5.41) is 9.01. The Morgan fingerprint density at radius 1 is 1.24 bits per heavy atom. The second kappa shape index (κ2) is 8.14. The number of carbonyl (C=O) groups is 1. The summed E-state index contributed by atoms with van der Waals surface area (Å²) in [7, 11) is 0. The van der Waals surface area contributed by atoms with Gasteiger partial charge in [-0.05, 0) is 58.9 Å². The van der Waals surface area contributed by atoms with Crippen LogP contribution in [0.15, 0.2) is 0 Å². The number of likely N-dealkylation sites (tertiary alicyclic amines) is 1. The molecule has 1 amide bonds. The molecule has 2 aliphatic rings. The highest BCUT2D eigenvalue weighted by atomic mass is 16.3. The van der Waals surface area contributed by atoms with Gasteiger partial charge in [-0.1, -0.05) is 12.8 Å². The highest BCUT2D eigenvalue weighted by molar-refractivity contribution is 5.79. The number of hydrogen-bond donors (Lipinski definition) is 1. The van der Waals surface area contributed by atoms with Crippen molar-refractivity contribution in [2.75, 3.05) is 19.7 Å². The van der Waals surface area contributed by atoms with Gasteiger partial charge in [0.25, 0.3) is 0 Å². The van der Waals surface area contributed by atoms with Gasteiger partial charge in [-0.3, -0.25) is 9.69 Å². The molecule has 2 fully saturated rings. The molecule has 21 heavy (non-hydrogen) atoms. The highest BCUT2D eigenvalue weighted by Crippen LogP contribution is 2.26. The van der Waals surface area contributed by atoms with E-state index in [1.165, 1.54) is 38.5 Å². The van der Waals surface area contributed by atoms with Crippen LogP contribution in [-0.2, 0) is 4.79 Å². The number of rotatable bonds is 7. The number of nitrogens with zero attached hydrogens (tertiary/aromatic N) is 2. The van der Waals surface area contributed by atoms with E-state index in [9.17, 15) is 4.79 Å². The first-order chi connectivity index (χ1) is 10.1. The predicted octanol–water partition coefficient (Wildman–Crippen LogP) is 2.40. The highest BCUT2D eigenvalue weighted by Gasteiger charge is 2.32. The van der Waals surface area contributed by atoms with Crippen LogP contribution in [-0.4, -0.2) is 58.6 Å². The van der Waals surface area contributed by atoms with Crippen LogP contribution in [0.2, 0.25) is 0 Å². The lowest BCUT2D eigenvalue weighted by Gasteiger charge is -2.35. The van der Waals surface area contributed by atoms with E-state index in [4.69, 9.17) is 5.11 Å². The summed E-state index contributed by atoms with van der Waals surface area (Å²) in [4.78, 5) is 17.3. The minimum absolute atomic E-state index is 0.262. The van der Waals surface area contributed by atoms with Crippen molar-refractivity contribution in [3.8, 4) is 0 Å². The molecule has 0 aromatic rings. The van der Waals surface area contributed by atoms with Crippen LogP contribution in [0.1, 0.15) is 65.2 Å². The third kappa shape index (κ3) is 4.43. The number of aliphatic hydroxyl groups is 1. The van der Waals surface area contributed by atoms with E-state index in [0.29, 0.717) is 30.6 Å². The Bertz CT molecular complexity index is 327. The molecule has 0 radical (unpaired) electrons. The fraction of sp³-hybridized carbons (Fsp3) is 0.941. The number of aliphatic hydroxyl groups excluding tert-OH is 1. The first-order valence-corrected chi connectivity index (χ1v) is 8.79. The zero-order valence-electron chi connectivity index (χ0n) is 13.8. The monoisotopic (exact) mass is 296 g/mol. The van der Waals surface area contributed by atoms with Crippen LogP contribution < -0.4 is 0 Å². The van der Waals surface area contributed by atoms with E-state index < -0.39 is 0 Å². The van der Waals surface area contributed by atoms with E-state index in [-0.39, 0.29) is 6.61 Å². The molecular weight excluding hydrogens is 264 g/mol. The Labute approximate surface area is 129 Å². The molecule has 4 heteroatoms. The third-order valence-corrected chi connectivity index (χ3v) is 5.10. The quantitative estimate of drug-likeness (QED) is 0.784.